The van der Waals surface area contributed by atoms with Crippen molar-refractivity contribution in [2.75, 3.05) is 45.9 Å². The van der Waals surface area contributed by atoms with Gasteiger partial charge in [0.25, 0.3) is 0 Å². The first-order chi connectivity index (χ1) is 14.9. The van der Waals surface area contributed by atoms with E-state index in [-0.39, 0.29) is 37.6 Å². The van der Waals surface area contributed by atoms with E-state index in [4.69, 9.17) is 33.4 Å². The van der Waals surface area contributed by atoms with Crippen LogP contribution in [0.25, 0.3) is 0 Å². The first kappa shape index (κ1) is 31.2. The monoisotopic (exact) mass is 447 g/mol. The molecule has 0 bridgehead atoms. The molecule has 11 nitrogen and oxygen atoms in total. The van der Waals surface area contributed by atoms with Crippen LogP contribution in [0.3, 0.4) is 0 Å². The summed E-state index contributed by atoms with van der Waals surface area (Å²) >= 11 is 0. The molecular formula is C20H45N7O4. The Labute approximate surface area is 186 Å². The van der Waals surface area contributed by atoms with Crippen molar-refractivity contribution in [3.05, 3.63) is 0 Å². The molecule has 31 heavy (non-hydrogen) atoms. The van der Waals surface area contributed by atoms with Gasteiger partial charge in [-0.25, -0.2) is 4.79 Å². The summed E-state index contributed by atoms with van der Waals surface area (Å²) in [5.41, 5.74) is 26.4. The second-order valence-electron chi connectivity index (χ2n) is 7.19. The number of nitrogens with zero attached hydrogens (tertiary/aromatic N) is 1. The van der Waals surface area contributed by atoms with E-state index in [1.807, 2.05) is 0 Å². The molecule has 1 atom stereocenters. The molecule has 184 valence electrons. The van der Waals surface area contributed by atoms with Gasteiger partial charge in [-0.2, -0.15) is 0 Å². The first-order valence-corrected chi connectivity index (χ1v) is 11.2. The minimum Gasteiger partial charge on any atom is -0.448 e. The van der Waals surface area contributed by atoms with Crippen LogP contribution in [0.5, 0.6) is 0 Å². The SMILES string of the molecule is CCCCN.NCCCCCN(CC(=O)NC(CCCCN)COC(N)=O)C(=O)CN. The minimum absolute atomic E-state index is 0.0209. The van der Waals surface area contributed by atoms with E-state index < -0.39 is 6.09 Å². The highest BCUT2D eigenvalue weighted by atomic mass is 16.5. The van der Waals surface area contributed by atoms with Crippen LogP contribution in [-0.2, 0) is 14.3 Å². The highest BCUT2D eigenvalue weighted by molar-refractivity contribution is 5.85. The molecule has 0 aliphatic heterocycles. The lowest BCUT2D eigenvalue weighted by Crippen LogP contribution is -2.47. The number of hydrogen-bond acceptors (Lipinski definition) is 8. The maximum Gasteiger partial charge on any atom is 0.404 e. The van der Waals surface area contributed by atoms with Crippen LogP contribution < -0.4 is 34.0 Å². The van der Waals surface area contributed by atoms with Crippen LogP contribution >= 0.6 is 0 Å². The number of amides is 3. The predicted octanol–water partition coefficient (Wildman–Crippen LogP) is -0.643. The lowest BCUT2D eigenvalue weighted by Gasteiger charge is -2.24. The zero-order chi connectivity index (χ0) is 23.9. The molecule has 0 aromatic heterocycles. The van der Waals surface area contributed by atoms with Crippen LogP contribution in [0.1, 0.15) is 58.3 Å². The van der Waals surface area contributed by atoms with Crippen molar-refractivity contribution in [2.24, 2.45) is 28.7 Å². The summed E-state index contributed by atoms with van der Waals surface area (Å²) in [6, 6.07) is -0.381. The Kier molecular flexibility index (Phi) is 22.9. The van der Waals surface area contributed by atoms with Crippen molar-refractivity contribution >= 4 is 17.9 Å². The van der Waals surface area contributed by atoms with Crippen molar-refractivity contribution < 1.29 is 19.1 Å². The molecule has 11 heteroatoms. The van der Waals surface area contributed by atoms with Gasteiger partial charge in [-0.3, -0.25) is 9.59 Å². The molecule has 0 heterocycles. The predicted molar refractivity (Wildman–Crippen MR) is 123 cm³/mol. The number of unbranched alkanes of at least 4 members (excludes halogenated alkanes) is 4. The topological polar surface area (TPSA) is 206 Å². The molecule has 0 saturated heterocycles. The molecule has 0 radical (unpaired) electrons. The minimum atomic E-state index is -0.900. The van der Waals surface area contributed by atoms with E-state index in [0.717, 1.165) is 38.6 Å². The molecule has 0 saturated carbocycles. The molecule has 0 fully saturated rings. The standard InChI is InChI=1S/C16H34N6O4.C4H11N/c17-7-3-1-5-9-22(15(24)10-19)11-14(23)21-13(6-2-4-8-18)12-26-16(20)25;1-2-3-4-5/h13H,1-12,17-19H2,(H2,20,25)(H,21,23);2-5H2,1H3. The van der Waals surface area contributed by atoms with Crippen molar-refractivity contribution in [1.82, 2.24) is 10.2 Å². The van der Waals surface area contributed by atoms with Crippen LogP contribution in [0, 0.1) is 0 Å². The van der Waals surface area contributed by atoms with Gasteiger partial charge in [0.15, 0.2) is 0 Å². The molecule has 0 aromatic carbocycles. The highest BCUT2D eigenvalue weighted by Crippen LogP contribution is 2.03. The molecule has 0 rings (SSSR count). The number of primary amides is 1. The average molecular weight is 448 g/mol. The van der Waals surface area contributed by atoms with Gasteiger partial charge in [-0.15, -0.1) is 0 Å². The van der Waals surface area contributed by atoms with Crippen molar-refractivity contribution in [3.8, 4) is 0 Å². The second kappa shape index (κ2) is 22.7. The van der Waals surface area contributed by atoms with E-state index in [1.54, 1.807) is 0 Å². The van der Waals surface area contributed by atoms with E-state index >= 15 is 0 Å². The summed E-state index contributed by atoms with van der Waals surface area (Å²) in [5, 5.41) is 2.78. The van der Waals surface area contributed by atoms with Gasteiger partial charge >= 0.3 is 6.09 Å². The Morgan fingerprint density at radius 1 is 0.903 bits per heavy atom. The van der Waals surface area contributed by atoms with Crippen LogP contribution in [-0.4, -0.2) is 74.7 Å². The second-order valence-corrected chi connectivity index (χ2v) is 7.19. The quantitative estimate of drug-likeness (QED) is 0.158. The van der Waals surface area contributed by atoms with Gasteiger partial charge in [0, 0.05) is 6.54 Å². The van der Waals surface area contributed by atoms with Crippen molar-refractivity contribution in [1.29, 1.82) is 0 Å². The third-order valence-electron chi connectivity index (χ3n) is 4.35. The maximum atomic E-state index is 12.3. The van der Waals surface area contributed by atoms with Gasteiger partial charge in [0.05, 0.1) is 19.1 Å². The fourth-order valence-corrected chi connectivity index (χ4v) is 2.61. The normalized spacial score (nSPS) is 11.1. The molecule has 11 N–H and O–H groups in total. The number of ether oxygens (including phenoxy) is 1. The lowest BCUT2D eigenvalue weighted by atomic mass is 10.1. The summed E-state index contributed by atoms with van der Waals surface area (Å²) in [5.74, 6) is -0.627. The van der Waals surface area contributed by atoms with Crippen LogP contribution in [0.2, 0.25) is 0 Å². The molecule has 1 unspecified atom stereocenters. The summed E-state index contributed by atoms with van der Waals surface area (Å²) in [4.78, 5) is 36.4. The summed E-state index contributed by atoms with van der Waals surface area (Å²) in [7, 11) is 0. The number of carbonyl (C=O) groups is 3. The fraction of sp³-hybridized carbons (Fsp3) is 0.850. The Balaban J connectivity index is 0. The first-order valence-electron chi connectivity index (χ1n) is 11.2. The Morgan fingerprint density at radius 2 is 1.52 bits per heavy atom. The smallest absolute Gasteiger partial charge is 0.404 e. The molecule has 0 aliphatic rings. The van der Waals surface area contributed by atoms with E-state index in [0.29, 0.717) is 26.1 Å². The van der Waals surface area contributed by atoms with Gasteiger partial charge in [0.1, 0.15) is 6.61 Å². The zero-order valence-corrected chi connectivity index (χ0v) is 19.2. The number of carbonyl (C=O) groups excluding carboxylic acids is 3. The Bertz CT molecular complexity index is 465. The summed E-state index contributed by atoms with van der Waals surface area (Å²) < 4.78 is 4.78. The third-order valence-corrected chi connectivity index (χ3v) is 4.35. The third kappa shape index (κ3) is 21.1. The molecule has 0 aliphatic carbocycles. The highest BCUT2D eigenvalue weighted by Gasteiger charge is 2.19. The summed E-state index contributed by atoms with van der Waals surface area (Å²) in [6.07, 6.45) is 6.14. The van der Waals surface area contributed by atoms with Crippen LogP contribution in [0.15, 0.2) is 0 Å². The van der Waals surface area contributed by atoms with E-state index in [9.17, 15) is 14.4 Å². The summed E-state index contributed by atoms with van der Waals surface area (Å²) in [6.45, 7) is 4.28. The van der Waals surface area contributed by atoms with Crippen molar-refractivity contribution in [3.63, 3.8) is 0 Å². The maximum absolute atomic E-state index is 12.3. The zero-order valence-electron chi connectivity index (χ0n) is 19.2. The molecular weight excluding hydrogens is 402 g/mol. The molecule has 0 spiro atoms. The van der Waals surface area contributed by atoms with E-state index in [1.165, 1.54) is 17.7 Å². The lowest BCUT2D eigenvalue weighted by molar-refractivity contribution is -0.135. The largest absolute Gasteiger partial charge is 0.448 e. The molecule has 3 amide bonds. The van der Waals surface area contributed by atoms with Gasteiger partial charge < -0.3 is 43.6 Å². The Hall–Kier alpha value is -1.95. The molecule has 0 aromatic rings. The van der Waals surface area contributed by atoms with Gasteiger partial charge in [0.2, 0.25) is 11.8 Å². The number of rotatable bonds is 17. The van der Waals surface area contributed by atoms with Gasteiger partial charge in [-0.05, 0) is 51.7 Å². The number of hydrogen-bond donors (Lipinski definition) is 6. The number of nitrogens with two attached hydrogens (primary N) is 5. The number of nitrogens with one attached hydrogen (secondary N) is 1. The Morgan fingerprint density at radius 3 is 2.00 bits per heavy atom. The van der Waals surface area contributed by atoms with Crippen LogP contribution in [0.4, 0.5) is 4.79 Å². The van der Waals surface area contributed by atoms with Crippen molar-refractivity contribution in [2.45, 2.75) is 64.3 Å². The van der Waals surface area contributed by atoms with E-state index in [2.05, 4.69) is 12.2 Å². The van der Waals surface area contributed by atoms with Gasteiger partial charge in [-0.1, -0.05) is 26.2 Å². The average Bonchev–Trinajstić information content (AvgIpc) is 2.74. The fourth-order valence-electron chi connectivity index (χ4n) is 2.61.